The van der Waals surface area contributed by atoms with E-state index in [2.05, 4.69) is 15.9 Å². The lowest BCUT2D eigenvalue weighted by Crippen LogP contribution is -2.30. The van der Waals surface area contributed by atoms with E-state index < -0.39 is 0 Å². The molecule has 0 bridgehead atoms. The lowest BCUT2D eigenvalue weighted by molar-refractivity contribution is 0.00942. The van der Waals surface area contributed by atoms with Crippen LogP contribution in [0.1, 0.15) is 12.8 Å². The van der Waals surface area contributed by atoms with Crippen LogP contribution in [0.3, 0.4) is 0 Å². The van der Waals surface area contributed by atoms with Gasteiger partial charge < -0.3 is 4.74 Å². The van der Waals surface area contributed by atoms with Gasteiger partial charge in [0.25, 0.3) is 0 Å². The van der Waals surface area contributed by atoms with Crippen molar-refractivity contribution >= 4 is 15.9 Å². The number of halogens is 1. The first-order chi connectivity index (χ1) is 3.86. The SMILES string of the molecule is COC1CC(CBr)C1. The Hall–Kier alpha value is 0.440. The number of rotatable bonds is 2. The van der Waals surface area contributed by atoms with E-state index in [-0.39, 0.29) is 0 Å². The molecule has 0 atom stereocenters. The Bertz CT molecular complexity index is 60.9. The zero-order chi connectivity index (χ0) is 5.98. The van der Waals surface area contributed by atoms with Gasteiger partial charge in [0.15, 0.2) is 0 Å². The van der Waals surface area contributed by atoms with Crippen LogP contribution in [-0.4, -0.2) is 18.5 Å². The maximum absolute atomic E-state index is 5.10. The van der Waals surface area contributed by atoms with E-state index in [1.54, 1.807) is 7.11 Å². The molecule has 0 aliphatic heterocycles. The van der Waals surface area contributed by atoms with Crippen molar-refractivity contribution in [3.63, 3.8) is 0 Å². The molecule has 0 unspecified atom stereocenters. The fourth-order valence-corrected chi connectivity index (χ4v) is 1.52. The zero-order valence-electron chi connectivity index (χ0n) is 5.06. The van der Waals surface area contributed by atoms with Crippen LogP contribution in [0.25, 0.3) is 0 Å². The van der Waals surface area contributed by atoms with Crippen LogP contribution in [0.2, 0.25) is 0 Å². The topological polar surface area (TPSA) is 9.23 Å². The van der Waals surface area contributed by atoms with Crippen LogP contribution in [0.5, 0.6) is 0 Å². The zero-order valence-corrected chi connectivity index (χ0v) is 6.65. The Labute approximate surface area is 58.5 Å². The Morgan fingerprint density at radius 2 is 2.25 bits per heavy atom. The van der Waals surface area contributed by atoms with E-state index in [0.717, 1.165) is 11.2 Å². The molecular formula is C6H11BrO. The summed E-state index contributed by atoms with van der Waals surface area (Å²) in [5.41, 5.74) is 0. The maximum Gasteiger partial charge on any atom is 0.0577 e. The first kappa shape index (κ1) is 6.56. The van der Waals surface area contributed by atoms with Crippen molar-refractivity contribution in [1.82, 2.24) is 0 Å². The molecule has 1 fully saturated rings. The third kappa shape index (κ3) is 1.23. The van der Waals surface area contributed by atoms with Crippen molar-refractivity contribution in [3.8, 4) is 0 Å². The number of hydrogen-bond donors (Lipinski definition) is 0. The van der Waals surface area contributed by atoms with Crippen molar-refractivity contribution < 1.29 is 4.74 Å². The summed E-state index contributed by atoms with van der Waals surface area (Å²) in [5, 5.41) is 1.15. The van der Waals surface area contributed by atoms with Gasteiger partial charge in [-0.1, -0.05) is 15.9 Å². The van der Waals surface area contributed by atoms with Crippen molar-refractivity contribution in [1.29, 1.82) is 0 Å². The molecule has 0 N–H and O–H groups in total. The van der Waals surface area contributed by atoms with Crippen molar-refractivity contribution in [2.45, 2.75) is 18.9 Å². The smallest absolute Gasteiger partial charge is 0.0577 e. The molecule has 1 aliphatic rings. The van der Waals surface area contributed by atoms with Crippen LogP contribution in [0.4, 0.5) is 0 Å². The molecule has 0 spiro atoms. The first-order valence-corrected chi connectivity index (χ1v) is 4.07. The van der Waals surface area contributed by atoms with Crippen LogP contribution in [0.15, 0.2) is 0 Å². The summed E-state index contributed by atoms with van der Waals surface area (Å²) in [4.78, 5) is 0. The highest BCUT2D eigenvalue weighted by Crippen LogP contribution is 2.30. The van der Waals surface area contributed by atoms with Crippen LogP contribution < -0.4 is 0 Å². The highest BCUT2D eigenvalue weighted by molar-refractivity contribution is 9.09. The van der Waals surface area contributed by atoms with Gasteiger partial charge in [0, 0.05) is 12.4 Å². The lowest BCUT2D eigenvalue weighted by Gasteiger charge is -2.32. The van der Waals surface area contributed by atoms with Gasteiger partial charge in [0.2, 0.25) is 0 Å². The monoisotopic (exact) mass is 178 g/mol. The van der Waals surface area contributed by atoms with Gasteiger partial charge in [-0.3, -0.25) is 0 Å². The molecule has 0 radical (unpaired) electrons. The third-order valence-corrected chi connectivity index (χ3v) is 2.66. The van der Waals surface area contributed by atoms with Gasteiger partial charge >= 0.3 is 0 Å². The summed E-state index contributed by atoms with van der Waals surface area (Å²) in [7, 11) is 1.79. The second-order valence-electron chi connectivity index (χ2n) is 2.35. The van der Waals surface area contributed by atoms with Crippen molar-refractivity contribution in [2.24, 2.45) is 5.92 Å². The number of alkyl halides is 1. The molecule has 1 saturated carbocycles. The molecule has 0 amide bonds. The molecule has 0 aromatic heterocycles. The molecule has 1 aliphatic carbocycles. The van der Waals surface area contributed by atoms with E-state index in [9.17, 15) is 0 Å². The molecule has 1 nitrogen and oxygen atoms in total. The van der Waals surface area contributed by atoms with E-state index in [4.69, 9.17) is 4.74 Å². The van der Waals surface area contributed by atoms with E-state index in [1.165, 1.54) is 12.8 Å². The Kier molecular flexibility index (Phi) is 2.32. The highest BCUT2D eigenvalue weighted by Gasteiger charge is 2.27. The molecular weight excluding hydrogens is 168 g/mol. The summed E-state index contributed by atoms with van der Waals surface area (Å²) in [6, 6.07) is 0. The predicted octanol–water partition coefficient (Wildman–Crippen LogP) is 1.81. The fraction of sp³-hybridized carbons (Fsp3) is 1.00. The number of hydrogen-bond acceptors (Lipinski definition) is 1. The second kappa shape index (κ2) is 2.83. The van der Waals surface area contributed by atoms with Crippen molar-refractivity contribution in [2.75, 3.05) is 12.4 Å². The molecule has 0 aromatic carbocycles. The van der Waals surface area contributed by atoms with Gasteiger partial charge in [-0.05, 0) is 18.8 Å². The van der Waals surface area contributed by atoms with Gasteiger partial charge in [0.05, 0.1) is 6.10 Å². The molecule has 48 valence electrons. The third-order valence-electron chi connectivity index (χ3n) is 1.74. The molecule has 2 heteroatoms. The Morgan fingerprint density at radius 1 is 1.62 bits per heavy atom. The maximum atomic E-state index is 5.10. The summed E-state index contributed by atoms with van der Waals surface area (Å²) < 4.78 is 5.10. The molecule has 8 heavy (non-hydrogen) atoms. The average molecular weight is 179 g/mol. The lowest BCUT2D eigenvalue weighted by atomic mass is 9.84. The summed E-state index contributed by atoms with van der Waals surface area (Å²) in [5.74, 6) is 0.889. The van der Waals surface area contributed by atoms with Gasteiger partial charge in [-0.15, -0.1) is 0 Å². The van der Waals surface area contributed by atoms with Gasteiger partial charge in [-0.2, -0.15) is 0 Å². The highest BCUT2D eigenvalue weighted by atomic mass is 79.9. The van der Waals surface area contributed by atoms with Gasteiger partial charge in [-0.25, -0.2) is 0 Å². The first-order valence-electron chi connectivity index (χ1n) is 2.95. The second-order valence-corrected chi connectivity index (χ2v) is 3.00. The molecule has 1 rings (SSSR count). The van der Waals surface area contributed by atoms with Crippen LogP contribution in [0, 0.1) is 5.92 Å². The predicted molar refractivity (Wildman–Crippen MR) is 37.3 cm³/mol. The summed E-state index contributed by atoms with van der Waals surface area (Å²) in [6.07, 6.45) is 3.07. The van der Waals surface area contributed by atoms with Crippen LogP contribution >= 0.6 is 15.9 Å². The van der Waals surface area contributed by atoms with E-state index in [0.29, 0.717) is 6.10 Å². The number of ether oxygens (including phenoxy) is 1. The van der Waals surface area contributed by atoms with Crippen LogP contribution in [-0.2, 0) is 4.74 Å². The van der Waals surface area contributed by atoms with E-state index in [1.807, 2.05) is 0 Å². The Morgan fingerprint density at radius 3 is 2.62 bits per heavy atom. The average Bonchev–Trinajstić information content (AvgIpc) is 1.65. The minimum atomic E-state index is 0.567. The Balaban J connectivity index is 2.03. The largest absolute Gasteiger partial charge is 0.381 e. The molecule has 0 aromatic rings. The van der Waals surface area contributed by atoms with Gasteiger partial charge in [0.1, 0.15) is 0 Å². The quantitative estimate of drug-likeness (QED) is 0.587. The number of methoxy groups -OCH3 is 1. The minimum Gasteiger partial charge on any atom is -0.381 e. The normalized spacial score (nSPS) is 36.8. The standard InChI is InChI=1S/C6H11BrO/c1-8-6-2-5(3-6)4-7/h5-6H,2-4H2,1H3. The minimum absolute atomic E-state index is 0.567. The summed E-state index contributed by atoms with van der Waals surface area (Å²) in [6.45, 7) is 0. The molecule has 0 heterocycles. The molecule has 0 saturated heterocycles. The summed E-state index contributed by atoms with van der Waals surface area (Å²) >= 11 is 3.43. The van der Waals surface area contributed by atoms with Crippen molar-refractivity contribution in [3.05, 3.63) is 0 Å². The van der Waals surface area contributed by atoms with E-state index >= 15 is 0 Å². The fourth-order valence-electron chi connectivity index (χ4n) is 0.993.